The predicted octanol–water partition coefficient (Wildman–Crippen LogP) is 3.05. The van der Waals surface area contributed by atoms with Gasteiger partial charge in [-0.1, -0.05) is 13.0 Å². The number of fused-ring (bicyclic) bond motifs is 1. The smallest absolute Gasteiger partial charge is 0.127 e. The van der Waals surface area contributed by atoms with Crippen molar-refractivity contribution in [1.29, 1.82) is 0 Å². The molecule has 1 saturated heterocycles. The highest BCUT2D eigenvalue weighted by atomic mass is 19.1. The van der Waals surface area contributed by atoms with E-state index >= 15 is 0 Å². The predicted molar refractivity (Wildman–Crippen MR) is 75.4 cm³/mol. The van der Waals surface area contributed by atoms with Gasteiger partial charge in [0.1, 0.15) is 17.7 Å². The standard InChI is InChI=1S/C16H22FNO2/c1-2-6-18-14-9-15(11-5-7-19-10-11)20-16-8-12(17)3-4-13(14)16/h3-4,8,11,14-15,18H,2,5-7,9-10H2,1H3. The fourth-order valence-corrected chi connectivity index (χ4v) is 3.12. The van der Waals surface area contributed by atoms with Gasteiger partial charge in [-0.05, 0) is 25.5 Å². The summed E-state index contributed by atoms with van der Waals surface area (Å²) in [5.41, 5.74) is 1.08. The van der Waals surface area contributed by atoms with Crippen LogP contribution >= 0.6 is 0 Å². The van der Waals surface area contributed by atoms with E-state index in [2.05, 4.69) is 12.2 Å². The summed E-state index contributed by atoms with van der Waals surface area (Å²) in [6.07, 6.45) is 3.19. The number of rotatable bonds is 4. The molecule has 0 saturated carbocycles. The topological polar surface area (TPSA) is 30.5 Å². The van der Waals surface area contributed by atoms with Crippen molar-refractivity contribution < 1.29 is 13.9 Å². The third-order valence-electron chi connectivity index (χ3n) is 4.23. The molecule has 2 aliphatic rings. The maximum absolute atomic E-state index is 13.5. The monoisotopic (exact) mass is 279 g/mol. The minimum Gasteiger partial charge on any atom is -0.490 e. The van der Waals surface area contributed by atoms with Gasteiger partial charge in [0.05, 0.1) is 6.61 Å². The molecular weight excluding hydrogens is 257 g/mol. The van der Waals surface area contributed by atoms with Gasteiger partial charge in [0.15, 0.2) is 0 Å². The summed E-state index contributed by atoms with van der Waals surface area (Å²) in [5.74, 6) is 0.889. The number of benzene rings is 1. The number of nitrogens with one attached hydrogen (secondary N) is 1. The molecule has 0 amide bonds. The molecule has 0 bridgehead atoms. The number of hydrogen-bond acceptors (Lipinski definition) is 3. The summed E-state index contributed by atoms with van der Waals surface area (Å²) < 4.78 is 25.0. The SMILES string of the molecule is CCCNC1CC(C2CCOC2)Oc2cc(F)ccc21. The van der Waals surface area contributed by atoms with Crippen molar-refractivity contribution in [2.75, 3.05) is 19.8 Å². The lowest BCUT2D eigenvalue weighted by atomic mass is 9.89. The van der Waals surface area contributed by atoms with Crippen molar-refractivity contribution in [2.24, 2.45) is 5.92 Å². The molecule has 1 fully saturated rings. The molecule has 0 radical (unpaired) electrons. The van der Waals surface area contributed by atoms with Gasteiger partial charge in [-0.25, -0.2) is 4.39 Å². The highest BCUT2D eigenvalue weighted by Gasteiger charge is 2.35. The first-order chi connectivity index (χ1) is 9.78. The van der Waals surface area contributed by atoms with E-state index in [9.17, 15) is 4.39 Å². The summed E-state index contributed by atoms with van der Waals surface area (Å²) in [6, 6.07) is 5.13. The second-order valence-corrected chi connectivity index (χ2v) is 5.70. The average molecular weight is 279 g/mol. The Bertz CT molecular complexity index is 460. The zero-order valence-corrected chi connectivity index (χ0v) is 11.9. The summed E-state index contributed by atoms with van der Waals surface area (Å²) >= 11 is 0. The molecule has 0 spiro atoms. The minimum absolute atomic E-state index is 0.126. The van der Waals surface area contributed by atoms with Crippen LogP contribution in [0.15, 0.2) is 18.2 Å². The van der Waals surface area contributed by atoms with Crippen LogP contribution in [0.4, 0.5) is 4.39 Å². The van der Waals surface area contributed by atoms with Crippen LogP contribution in [0.2, 0.25) is 0 Å². The van der Waals surface area contributed by atoms with Gasteiger partial charge in [-0.2, -0.15) is 0 Å². The van der Waals surface area contributed by atoms with E-state index in [0.29, 0.717) is 11.7 Å². The van der Waals surface area contributed by atoms with Crippen molar-refractivity contribution in [2.45, 2.75) is 38.3 Å². The zero-order chi connectivity index (χ0) is 13.9. The molecule has 1 aromatic carbocycles. The van der Waals surface area contributed by atoms with Crippen molar-refractivity contribution >= 4 is 0 Å². The molecule has 1 aromatic rings. The molecule has 1 N–H and O–H groups in total. The highest BCUT2D eigenvalue weighted by molar-refractivity contribution is 5.38. The number of halogens is 1. The largest absolute Gasteiger partial charge is 0.490 e. The van der Waals surface area contributed by atoms with E-state index < -0.39 is 0 Å². The van der Waals surface area contributed by atoms with Crippen LogP contribution in [-0.2, 0) is 4.74 Å². The van der Waals surface area contributed by atoms with Crippen LogP contribution in [0, 0.1) is 11.7 Å². The van der Waals surface area contributed by atoms with Gasteiger partial charge < -0.3 is 14.8 Å². The lowest BCUT2D eigenvalue weighted by Crippen LogP contribution is -2.38. The third-order valence-corrected chi connectivity index (χ3v) is 4.23. The first-order valence-corrected chi connectivity index (χ1v) is 7.55. The number of hydrogen-bond donors (Lipinski definition) is 1. The van der Waals surface area contributed by atoms with Crippen molar-refractivity contribution in [3.63, 3.8) is 0 Å². The van der Waals surface area contributed by atoms with Crippen LogP contribution in [-0.4, -0.2) is 25.9 Å². The molecule has 0 aromatic heterocycles. The van der Waals surface area contributed by atoms with Gasteiger partial charge in [0.25, 0.3) is 0 Å². The molecular formula is C16H22FNO2. The number of ether oxygens (including phenoxy) is 2. The van der Waals surface area contributed by atoms with Crippen LogP contribution in [0.1, 0.15) is 37.8 Å². The Hall–Kier alpha value is -1.13. The van der Waals surface area contributed by atoms with Crippen LogP contribution in [0.25, 0.3) is 0 Å². The fourth-order valence-electron chi connectivity index (χ4n) is 3.12. The first-order valence-electron chi connectivity index (χ1n) is 7.55. The Morgan fingerprint density at radius 2 is 2.30 bits per heavy atom. The summed E-state index contributed by atoms with van der Waals surface area (Å²) in [7, 11) is 0. The van der Waals surface area contributed by atoms with Gasteiger partial charge in [0, 0.05) is 36.6 Å². The molecule has 3 nitrogen and oxygen atoms in total. The maximum atomic E-state index is 13.5. The molecule has 20 heavy (non-hydrogen) atoms. The second kappa shape index (κ2) is 6.10. The van der Waals surface area contributed by atoms with Gasteiger partial charge in [0.2, 0.25) is 0 Å². The van der Waals surface area contributed by atoms with Crippen molar-refractivity contribution in [1.82, 2.24) is 5.32 Å². The quantitative estimate of drug-likeness (QED) is 0.919. The van der Waals surface area contributed by atoms with E-state index in [-0.39, 0.29) is 18.0 Å². The Balaban J connectivity index is 1.82. The summed E-state index contributed by atoms with van der Waals surface area (Å²) in [5, 5.41) is 3.56. The van der Waals surface area contributed by atoms with Gasteiger partial charge in [-0.3, -0.25) is 0 Å². The molecule has 3 unspecified atom stereocenters. The summed E-state index contributed by atoms with van der Waals surface area (Å²) in [4.78, 5) is 0. The zero-order valence-electron chi connectivity index (χ0n) is 11.9. The van der Waals surface area contributed by atoms with E-state index in [0.717, 1.165) is 44.6 Å². The van der Waals surface area contributed by atoms with Crippen molar-refractivity contribution in [3.05, 3.63) is 29.6 Å². The fraction of sp³-hybridized carbons (Fsp3) is 0.625. The van der Waals surface area contributed by atoms with Gasteiger partial charge in [-0.15, -0.1) is 0 Å². The van der Waals surface area contributed by atoms with E-state index in [1.54, 1.807) is 0 Å². The Labute approximate surface area is 119 Å². The van der Waals surface area contributed by atoms with E-state index in [1.165, 1.54) is 12.1 Å². The lowest BCUT2D eigenvalue weighted by Gasteiger charge is -2.35. The average Bonchev–Trinajstić information content (AvgIpc) is 2.98. The molecule has 2 aliphatic heterocycles. The van der Waals surface area contributed by atoms with E-state index in [1.807, 2.05) is 6.07 Å². The molecule has 3 atom stereocenters. The molecule has 2 heterocycles. The highest BCUT2D eigenvalue weighted by Crippen LogP contribution is 2.38. The first kappa shape index (κ1) is 13.8. The third kappa shape index (κ3) is 2.81. The molecule has 0 aliphatic carbocycles. The Morgan fingerprint density at radius 3 is 3.05 bits per heavy atom. The Kier molecular flexibility index (Phi) is 4.22. The summed E-state index contributed by atoms with van der Waals surface area (Å²) in [6.45, 7) is 4.69. The van der Waals surface area contributed by atoms with E-state index in [4.69, 9.17) is 9.47 Å². The van der Waals surface area contributed by atoms with Crippen LogP contribution in [0.3, 0.4) is 0 Å². The Morgan fingerprint density at radius 1 is 1.40 bits per heavy atom. The normalized spacial score (nSPS) is 29.0. The van der Waals surface area contributed by atoms with Crippen molar-refractivity contribution in [3.8, 4) is 5.75 Å². The minimum atomic E-state index is -0.235. The van der Waals surface area contributed by atoms with Crippen LogP contribution in [0.5, 0.6) is 5.75 Å². The molecule has 110 valence electrons. The van der Waals surface area contributed by atoms with Crippen LogP contribution < -0.4 is 10.1 Å². The second-order valence-electron chi connectivity index (χ2n) is 5.70. The molecule has 4 heteroatoms. The lowest BCUT2D eigenvalue weighted by molar-refractivity contribution is 0.0798. The molecule has 3 rings (SSSR count). The van der Waals surface area contributed by atoms with Gasteiger partial charge >= 0.3 is 0 Å². The maximum Gasteiger partial charge on any atom is 0.127 e.